The molecule has 0 aliphatic rings. The van der Waals surface area contributed by atoms with Crippen molar-refractivity contribution in [2.24, 2.45) is 5.92 Å². The standard InChI is InChI=1S/C10H21NOS/c1-8(2)9(12)11-6-7-13-10(3,4)5/h8H,6-7H2,1-5H3,(H,11,12). The summed E-state index contributed by atoms with van der Waals surface area (Å²) in [5, 5.41) is 2.89. The van der Waals surface area contributed by atoms with E-state index in [0.29, 0.717) is 4.75 Å². The Bertz CT molecular complexity index is 161. The van der Waals surface area contributed by atoms with E-state index in [2.05, 4.69) is 26.1 Å². The normalized spacial score (nSPS) is 11.8. The molecule has 0 saturated carbocycles. The summed E-state index contributed by atoms with van der Waals surface area (Å²) in [5.74, 6) is 1.23. The van der Waals surface area contributed by atoms with Crippen LogP contribution in [0, 0.1) is 5.92 Å². The van der Waals surface area contributed by atoms with Gasteiger partial charge in [0, 0.05) is 23.0 Å². The first kappa shape index (κ1) is 12.8. The van der Waals surface area contributed by atoms with E-state index in [-0.39, 0.29) is 11.8 Å². The topological polar surface area (TPSA) is 29.1 Å². The molecule has 0 unspecified atom stereocenters. The van der Waals surface area contributed by atoms with Crippen molar-refractivity contribution in [1.82, 2.24) is 5.32 Å². The summed E-state index contributed by atoms with van der Waals surface area (Å²) in [6.07, 6.45) is 0. The van der Waals surface area contributed by atoms with Gasteiger partial charge in [-0.3, -0.25) is 4.79 Å². The van der Waals surface area contributed by atoms with E-state index in [4.69, 9.17) is 0 Å². The molecule has 0 aliphatic heterocycles. The fourth-order valence-electron chi connectivity index (χ4n) is 0.736. The first-order chi connectivity index (χ1) is 5.83. The number of hydrogen-bond acceptors (Lipinski definition) is 2. The number of hydrogen-bond donors (Lipinski definition) is 1. The summed E-state index contributed by atoms with van der Waals surface area (Å²) in [6, 6.07) is 0. The first-order valence-corrected chi connectivity index (χ1v) is 5.73. The maximum atomic E-state index is 11.1. The van der Waals surface area contributed by atoms with Crippen LogP contribution in [0.15, 0.2) is 0 Å². The van der Waals surface area contributed by atoms with Crippen LogP contribution in [0.3, 0.4) is 0 Å². The Morgan fingerprint density at radius 2 is 1.92 bits per heavy atom. The molecule has 0 bridgehead atoms. The highest BCUT2D eigenvalue weighted by molar-refractivity contribution is 8.00. The SMILES string of the molecule is CC(C)C(=O)NCCSC(C)(C)C. The number of carbonyl (C=O) groups is 1. The highest BCUT2D eigenvalue weighted by atomic mass is 32.2. The van der Waals surface area contributed by atoms with Crippen molar-refractivity contribution in [3.8, 4) is 0 Å². The van der Waals surface area contributed by atoms with Crippen LogP contribution < -0.4 is 5.32 Å². The number of amides is 1. The number of carbonyl (C=O) groups excluding carboxylic acids is 1. The van der Waals surface area contributed by atoms with Gasteiger partial charge in [0.1, 0.15) is 0 Å². The molecule has 0 atom stereocenters. The molecule has 0 aliphatic carbocycles. The molecule has 1 amide bonds. The number of nitrogens with one attached hydrogen (secondary N) is 1. The Balaban J connectivity index is 3.42. The third kappa shape index (κ3) is 8.16. The third-order valence-electron chi connectivity index (χ3n) is 1.46. The van der Waals surface area contributed by atoms with Crippen molar-refractivity contribution in [3.05, 3.63) is 0 Å². The quantitative estimate of drug-likeness (QED) is 0.710. The second-order valence-electron chi connectivity index (χ2n) is 4.41. The van der Waals surface area contributed by atoms with Crippen molar-refractivity contribution in [3.63, 3.8) is 0 Å². The molecule has 0 aromatic heterocycles. The molecule has 0 heterocycles. The Morgan fingerprint density at radius 3 is 2.31 bits per heavy atom. The van der Waals surface area contributed by atoms with E-state index in [1.54, 1.807) is 0 Å². The number of rotatable bonds is 4. The van der Waals surface area contributed by atoms with Gasteiger partial charge in [0.05, 0.1) is 0 Å². The van der Waals surface area contributed by atoms with Gasteiger partial charge in [-0.25, -0.2) is 0 Å². The molecule has 3 heteroatoms. The lowest BCUT2D eigenvalue weighted by atomic mass is 10.2. The van der Waals surface area contributed by atoms with Crippen molar-refractivity contribution in [2.45, 2.75) is 39.4 Å². The van der Waals surface area contributed by atoms with Crippen LogP contribution in [-0.2, 0) is 4.79 Å². The van der Waals surface area contributed by atoms with Gasteiger partial charge in [0.2, 0.25) is 5.91 Å². The minimum atomic E-state index is 0.0969. The monoisotopic (exact) mass is 203 g/mol. The molecule has 0 radical (unpaired) electrons. The minimum Gasteiger partial charge on any atom is -0.355 e. The predicted molar refractivity (Wildman–Crippen MR) is 60.1 cm³/mol. The lowest BCUT2D eigenvalue weighted by molar-refractivity contribution is -0.123. The zero-order valence-corrected chi connectivity index (χ0v) is 10.1. The van der Waals surface area contributed by atoms with Crippen LogP contribution in [0.2, 0.25) is 0 Å². The molecule has 1 N–H and O–H groups in total. The summed E-state index contributed by atoms with van der Waals surface area (Å²) in [6.45, 7) is 11.1. The van der Waals surface area contributed by atoms with Crippen molar-refractivity contribution in [1.29, 1.82) is 0 Å². The summed E-state index contributed by atoms with van der Waals surface area (Å²) >= 11 is 1.87. The minimum absolute atomic E-state index is 0.0969. The second kappa shape index (κ2) is 5.53. The molecule has 78 valence electrons. The van der Waals surface area contributed by atoms with Gasteiger partial charge in [-0.1, -0.05) is 34.6 Å². The smallest absolute Gasteiger partial charge is 0.222 e. The Morgan fingerprint density at radius 1 is 1.38 bits per heavy atom. The first-order valence-electron chi connectivity index (χ1n) is 4.74. The molecule has 2 nitrogen and oxygen atoms in total. The molecule has 0 aromatic carbocycles. The fourth-order valence-corrected chi connectivity index (χ4v) is 1.55. The van der Waals surface area contributed by atoms with Crippen LogP contribution in [0.5, 0.6) is 0 Å². The Kier molecular flexibility index (Phi) is 5.45. The summed E-state index contributed by atoms with van der Waals surface area (Å²) in [4.78, 5) is 11.1. The van der Waals surface area contributed by atoms with E-state index in [1.165, 1.54) is 0 Å². The highest BCUT2D eigenvalue weighted by Gasteiger charge is 2.10. The molecular formula is C10H21NOS. The van der Waals surface area contributed by atoms with Crippen molar-refractivity contribution in [2.75, 3.05) is 12.3 Å². The summed E-state index contributed by atoms with van der Waals surface area (Å²) in [5.41, 5.74) is 0. The van der Waals surface area contributed by atoms with Crippen molar-refractivity contribution >= 4 is 17.7 Å². The molecule has 0 saturated heterocycles. The van der Waals surface area contributed by atoms with Crippen LogP contribution in [0.1, 0.15) is 34.6 Å². The summed E-state index contributed by atoms with van der Waals surface area (Å²) < 4.78 is 0.294. The predicted octanol–water partition coefficient (Wildman–Crippen LogP) is 2.29. The third-order valence-corrected chi connectivity index (χ3v) is 2.74. The van der Waals surface area contributed by atoms with Gasteiger partial charge in [-0.2, -0.15) is 11.8 Å². The van der Waals surface area contributed by atoms with Gasteiger partial charge in [-0.15, -0.1) is 0 Å². The Hall–Kier alpha value is -0.180. The zero-order valence-electron chi connectivity index (χ0n) is 9.31. The second-order valence-corrected chi connectivity index (χ2v) is 6.33. The van der Waals surface area contributed by atoms with Gasteiger partial charge < -0.3 is 5.32 Å². The van der Waals surface area contributed by atoms with Crippen molar-refractivity contribution < 1.29 is 4.79 Å². The maximum Gasteiger partial charge on any atom is 0.222 e. The average Bonchev–Trinajstić information content (AvgIpc) is 1.95. The van der Waals surface area contributed by atoms with Crippen LogP contribution in [-0.4, -0.2) is 23.0 Å². The van der Waals surface area contributed by atoms with E-state index in [9.17, 15) is 4.79 Å². The lowest BCUT2D eigenvalue weighted by Crippen LogP contribution is -2.30. The van der Waals surface area contributed by atoms with Gasteiger partial charge >= 0.3 is 0 Å². The molecule has 0 spiro atoms. The molecule has 0 aromatic rings. The van der Waals surface area contributed by atoms with E-state index >= 15 is 0 Å². The zero-order chi connectivity index (χ0) is 10.5. The number of thioether (sulfide) groups is 1. The fraction of sp³-hybridized carbons (Fsp3) is 0.900. The van der Waals surface area contributed by atoms with Crippen LogP contribution in [0.4, 0.5) is 0 Å². The van der Waals surface area contributed by atoms with E-state index in [1.807, 2.05) is 25.6 Å². The Labute approximate surface area is 85.9 Å². The molecule has 0 rings (SSSR count). The van der Waals surface area contributed by atoms with Crippen LogP contribution in [0.25, 0.3) is 0 Å². The largest absolute Gasteiger partial charge is 0.355 e. The average molecular weight is 203 g/mol. The molecule has 13 heavy (non-hydrogen) atoms. The summed E-state index contributed by atoms with van der Waals surface area (Å²) in [7, 11) is 0. The van der Waals surface area contributed by atoms with E-state index in [0.717, 1.165) is 12.3 Å². The van der Waals surface area contributed by atoms with E-state index < -0.39 is 0 Å². The van der Waals surface area contributed by atoms with Gasteiger partial charge in [0.25, 0.3) is 0 Å². The van der Waals surface area contributed by atoms with Crippen LogP contribution >= 0.6 is 11.8 Å². The maximum absolute atomic E-state index is 11.1. The van der Waals surface area contributed by atoms with Gasteiger partial charge in [0.15, 0.2) is 0 Å². The molecular weight excluding hydrogens is 182 g/mol. The molecule has 0 fully saturated rings. The highest BCUT2D eigenvalue weighted by Crippen LogP contribution is 2.21. The van der Waals surface area contributed by atoms with Gasteiger partial charge in [-0.05, 0) is 0 Å². The lowest BCUT2D eigenvalue weighted by Gasteiger charge is -2.17.